The third kappa shape index (κ3) is 3.05. The van der Waals surface area contributed by atoms with Gasteiger partial charge in [-0.05, 0) is 12.1 Å². The van der Waals surface area contributed by atoms with E-state index < -0.39 is 10.7 Å². The van der Waals surface area contributed by atoms with Crippen molar-refractivity contribution in [2.45, 2.75) is 6.42 Å². The van der Waals surface area contributed by atoms with Gasteiger partial charge in [-0.3, -0.25) is 14.8 Å². The number of aromatic nitrogens is 2. The number of hydrogen-bond donors (Lipinski definition) is 1. The van der Waals surface area contributed by atoms with E-state index in [1.807, 2.05) is 13.1 Å². The lowest BCUT2D eigenvalue weighted by molar-refractivity contribution is -0.384. The quantitative estimate of drug-likeness (QED) is 0.680. The molecule has 0 fully saturated rings. The number of hydrogen-bond acceptors (Lipinski definition) is 4. The highest BCUT2D eigenvalue weighted by molar-refractivity contribution is 6.31. The molecule has 2 aromatic rings. The van der Waals surface area contributed by atoms with E-state index in [-0.39, 0.29) is 16.4 Å². The van der Waals surface area contributed by atoms with Crippen LogP contribution in [0.15, 0.2) is 24.4 Å². The van der Waals surface area contributed by atoms with Crippen molar-refractivity contribution in [2.75, 3.05) is 11.9 Å². The molecule has 1 N–H and O–H groups in total. The van der Waals surface area contributed by atoms with Crippen LogP contribution in [0.1, 0.15) is 5.69 Å². The zero-order valence-corrected chi connectivity index (χ0v) is 11.4. The zero-order chi connectivity index (χ0) is 14.7. The van der Waals surface area contributed by atoms with Crippen molar-refractivity contribution in [1.82, 2.24) is 9.78 Å². The second-order valence-corrected chi connectivity index (χ2v) is 4.57. The summed E-state index contributed by atoms with van der Waals surface area (Å²) in [6.45, 7) is 0.447. The van der Waals surface area contributed by atoms with Gasteiger partial charge in [-0.15, -0.1) is 0 Å². The molecule has 2 rings (SSSR count). The van der Waals surface area contributed by atoms with Crippen molar-refractivity contribution >= 4 is 23.0 Å². The highest BCUT2D eigenvalue weighted by Gasteiger charge is 2.17. The van der Waals surface area contributed by atoms with Gasteiger partial charge in [0.25, 0.3) is 5.69 Å². The van der Waals surface area contributed by atoms with Crippen LogP contribution in [0.3, 0.4) is 0 Å². The first-order chi connectivity index (χ1) is 9.49. The summed E-state index contributed by atoms with van der Waals surface area (Å²) in [4.78, 5) is 10.2. The molecule has 0 atom stereocenters. The highest BCUT2D eigenvalue weighted by Crippen LogP contribution is 2.30. The van der Waals surface area contributed by atoms with Gasteiger partial charge in [0.15, 0.2) is 0 Å². The number of halogens is 2. The Bertz CT molecular complexity index is 644. The van der Waals surface area contributed by atoms with Crippen LogP contribution >= 0.6 is 11.6 Å². The number of benzene rings is 1. The molecule has 1 aromatic heterocycles. The van der Waals surface area contributed by atoms with E-state index in [0.717, 1.165) is 11.8 Å². The summed E-state index contributed by atoms with van der Waals surface area (Å²) in [5.41, 5.74) is 0.842. The molecule has 0 unspecified atom stereocenters. The van der Waals surface area contributed by atoms with Gasteiger partial charge in [-0.2, -0.15) is 5.10 Å². The molecule has 0 aliphatic carbocycles. The van der Waals surface area contributed by atoms with Crippen LogP contribution in [0.5, 0.6) is 0 Å². The van der Waals surface area contributed by atoms with Crippen LogP contribution in [-0.2, 0) is 13.5 Å². The Hall–Kier alpha value is -2.15. The second-order valence-electron chi connectivity index (χ2n) is 4.16. The third-order valence-electron chi connectivity index (χ3n) is 2.85. The number of nitro groups is 1. The number of nitro benzene ring substituents is 1. The maximum Gasteiger partial charge on any atom is 0.295 e. The van der Waals surface area contributed by atoms with Gasteiger partial charge in [0.05, 0.1) is 16.0 Å². The Morgan fingerprint density at radius 1 is 1.55 bits per heavy atom. The molecule has 0 radical (unpaired) electrons. The third-order valence-corrected chi connectivity index (χ3v) is 3.14. The molecule has 20 heavy (non-hydrogen) atoms. The lowest BCUT2D eigenvalue weighted by Gasteiger charge is -2.08. The van der Waals surface area contributed by atoms with E-state index in [1.165, 1.54) is 6.07 Å². The fourth-order valence-corrected chi connectivity index (χ4v) is 1.96. The summed E-state index contributed by atoms with van der Waals surface area (Å²) in [5.74, 6) is -0.810. The minimum Gasteiger partial charge on any atom is -0.379 e. The molecule has 8 heteroatoms. The van der Waals surface area contributed by atoms with E-state index >= 15 is 0 Å². The Labute approximate surface area is 119 Å². The Morgan fingerprint density at radius 2 is 2.30 bits per heavy atom. The van der Waals surface area contributed by atoms with E-state index in [2.05, 4.69) is 10.4 Å². The monoisotopic (exact) mass is 298 g/mol. The molecule has 0 saturated heterocycles. The van der Waals surface area contributed by atoms with Gasteiger partial charge in [0.2, 0.25) is 0 Å². The number of rotatable bonds is 5. The van der Waals surface area contributed by atoms with E-state index in [9.17, 15) is 14.5 Å². The molecule has 1 aromatic carbocycles. The van der Waals surface area contributed by atoms with Crippen LogP contribution in [0, 0.1) is 15.9 Å². The molecule has 1 heterocycles. The van der Waals surface area contributed by atoms with Crippen molar-refractivity contribution in [3.8, 4) is 0 Å². The molecule has 0 saturated carbocycles. The van der Waals surface area contributed by atoms with Crippen LogP contribution in [-0.4, -0.2) is 21.2 Å². The molecular formula is C12H12ClFN4O2. The first-order valence-electron chi connectivity index (χ1n) is 5.83. The van der Waals surface area contributed by atoms with Gasteiger partial charge in [0, 0.05) is 31.9 Å². The maximum absolute atomic E-state index is 13.2. The number of aryl methyl sites for hydroxylation is 1. The predicted molar refractivity (Wildman–Crippen MR) is 73.5 cm³/mol. The largest absolute Gasteiger partial charge is 0.379 e. The van der Waals surface area contributed by atoms with Crippen molar-refractivity contribution in [2.24, 2.45) is 7.05 Å². The molecule has 6 nitrogen and oxygen atoms in total. The molecule has 0 bridgehead atoms. The van der Waals surface area contributed by atoms with Crippen molar-refractivity contribution in [1.29, 1.82) is 0 Å². The van der Waals surface area contributed by atoms with Crippen LogP contribution < -0.4 is 5.32 Å². The second kappa shape index (κ2) is 5.87. The zero-order valence-electron chi connectivity index (χ0n) is 10.6. The van der Waals surface area contributed by atoms with E-state index in [0.29, 0.717) is 13.0 Å². The molecular weight excluding hydrogens is 287 g/mol. The van der Waals surface area contributed by atoms with Crippen molar-refractivity contribution in [3.05, 3.63) is 51.0 Å². The van der Waals surface area contributed by atoms with Gasteiger partial charge < -0.3 is 5.32 Å². The SMILES string of the molecule is Cn1nccc1CCNc1cc(Cl)c(F)cc1[N+](=O)[O-]. The fraction of sp³-hybridized carbons (Fsp3) is 0.250. The summed E-state index contributed by atoms with van der Waals surface area (Å²) in [6, 6.07) is 3.89. The topological polar surface area (TPSA) is 73.0 Å². The summed E-state index contributed by atoms with van der Waals surface area (Å²) in [5, 5.41) is 17.6. The Balaban J connectivity index is 2.11. The predicted octanol–water partition coefficient (Wildman–Crippen LogP) is 2.78. The number of anilines is 1. The minimum absolute atomic E-state index is 0.154. The molecule has 0 spiro atoms. The van der Waals surface area contributed by atoms with Crippen LogP contribution in [0.25, 0.3) is 0 Å². The molecule has 0 aliphatic heterocycles. The summed E-state index contributed by atoms with van der Waals surface area (Å²) in [6.07, 6.45) is 2.30. The fourth-order valence-electron chi connectivity index (χ4n) is 1.80. The molecule has 0 aliphatic rings. The highest BCUT2D eigenvalue weighted by atomic mass is 35.5. The lowest BCUT2D eigenvalue weighted by Crippen LogP contribution is -2.09. The van der Waals surface area contributed by atoms with Crippen molar-refractivity contribution in [3.63, 3.8) is 0 Å². The average molecular weight is 299 g/mol. The van der Waals surface area contributed by atoms with E-state index in [4.69, 9.17) is 11.6 Å². The normalized spacial score (nSPS) is 10.6. The number of nitrogens with one attached hydrogen (secondary N) is 1. The average Bonchev–Trinajstić information content (AvgIpc) is 2.79. The number of nitrogens with zero attached hydrogens (tertiary/aromatic N) is 3. The van der Waals surface area contributed by atoms with Gasteiger partial charge >= 0.3 is 0 Å². The Kier molecular flexibility index (Phi) is 4.19. The summed E-state index contributed by atoms with van der Waals surface area (Å²) >= 11 is 5.64. The van der Waals surface area contributed by atoms with Gasteiger partial charge in [0.1, 0.15) is 11.5 Å². The van der Waals surface area contributed by atoms with Crippen LogP contribution in [0.2, 0.25) is 5.02 Å². The smallest absolute Gasteiger partial charge is 0.295 e. The first kappa shape index (κ1) is 14.3. The van der Waals surface area contributed by atoms with E-state index in [1.54, 1.807) is 10.9 Å². The minimum atomic E-state index is -0.810. The van der Waals surface area contributed by atoms with Gasteiger partial charge in [-0.25, -0.2) is 4.39 Å². The van der Waals surface area contributed by atoms with Crippen LogP contribution in [0.4, 0.5) is 15.8 Å². The standard InChI is InChI=1S/C12H12ClFN4O2/c1-17-8(3-5-16-17)2-4-15-11-6-9(13)10(14)7-12(11)18(19)20/h3,5-7,15H,2,4H2,1H3. The summed E-state index contributed by atoms with van der Waals surface area (Å²) < 4.78 is 15.0. The molecule has 106 valence electrons. The van der Waals surface area contributed by atoms with Gasteiger partial charge in [-0.1, -0.05) is 11.6 Å². The maximum atomic E-state index is 13.2. The Morgan fingerprint density at radius 3 is 2.90 bits per heavy atom. The first-order valence-corrected chi connectivity index (χ1v) is 6.21. The lowest BCUT2D eigenvalue weighted by atomic mass is 10.2. The molecule has 0 amide bonds. The van der Waals surface area contributed by atoms with Crippen molar-refractivity contribution < 1.29 is 9.31 Å². The summed E-state index contributed by atoms with van der Waals surface area (Å²) in [7, 11) is 1.81.